The molecule has 7 heteroatoms. The SMILES string of the molecule is COC(=O)C1=C(O)/C(=C\c2ccc(C)cc2O)SC1=Nc1ccc(F)cc1. The van der Waals surface area contributed by atoms with E-state index in [1.54, 1.807) is 18.2 Å². The Morgan fingerprint density at radius 3 is 2.52 bits per heavy atom. The van der Waals surface area contributed by atoms with Gasteiger partial charge in [0.05, 0.1) is 17.7 Å². The minimum absolute atomic E-state index is 0.0550. The smallest absolute Gasteiger partial charge is 0.344 e. The number of aliphatic hydroxyl groups is 1. The van der Waals surface area contributed by atoms with Gasteiger partial charge in [-0.1, -0.05) is 23.9 Å². The number of aryl methyl sites for hydroxylation is 1. The van der Waals surface area contributed by atoms with Crippen molar-refractivity contribution in [3.8, 4) is 5.75 Å². The van der Waals surface area contributed by atoms with Crippen LogP contribution < -0.4 is 0 Å². The molecule has 1 aliphatic heterocycles. The van der Waals surface area contributed by atoms with E-state index in [9.17, 15) is 19.4 Å². The molecule has 1 aliphatic rings. The average molecular weight is 385 g/mol. The van der Waals surface area contributed by atoms with Gasteiger partial charge < -0.3 is 14.9 Å². The van der Waals surface area contributed by atoms with Gasteiger partial charge in [-0.2, -0.15) is 0 Å². The first-order valence-electron chi connectivity index (χ1n) is 7.94. The lowest BCUT2D eigenvalue weighted by atomic mass is 10.1. The van der Waals surface area contributed by atoms with E-state index in [0.717, 1.165) is 17.3 Å². The van der Waals surface area contributed by atoms with Crippen molar-refractivity contribution in [2.45, 2.75) is 6.92 Å². The van der Waals surface area contributed by atoms with Gasteiger partial charge in [-0.3, -0.25) is 0 Å². The highest BCUT2D eigenvalue weighted by Gasteiger charge is 2.33. The molecule has 0 bridgehead atoms. The summed E-state index contributed by atoms with van der Waals surface area (Å²) >= 11 is 1.06. The van der Waals surface area contributed by atoms with Crippen molar-refractivity contribution >= 4 is 34.5 Å². The Balaban J connectivity index is 2.05. The summed E-state index contributed by atoms with van der Waals surface area (Å²) in [6.07, 6.45) is 1.56. The number of hydrogen-bond donors (Lipinski definition) is 2. The van der Waals surface area contributed by atoms with Gasteiger partial charge in [0.15, 0.2) is 0 Å². The fourth-order valence-corrected chi connectivity index (χ4v) is 3.47. The van der Waals surface area contributed by atoms with Gasteiger partial charge in [0.25, 0.3) is 0 Å². The van der Waals surface area contributed by atoms with Gasteiger partial charge >= 0.3 is 5.97 Å². The largest absolute Gasteiger partial charge is 0.507 e. The number of phenolic OH excluding ortho intramolecular Hbond substituents is 1. The third-order valence-electron chi connectivity index (χ3n) is 3.81. The highest BCUT2D eigenvalue weighted by atomic mass is 32.2. The summed E-state index contributed by atoms with van der Waals surface area (Å²) in [5.41, 5.74) is 1.72. The van der Waals surface area contributed by atoms with E-state index in [0.29, 0.717) is 16.2 Å². The third kappa shape index (κ3) is 4.03. The molecule has 0 aromatic heterocycles. The number of aliphatic hydroxyl groups excluding tert-OH is 1. The quantitative estimate of drug-likeness (QED) is 0.753. The molecule has 27 heavy (non-hydrogen) atoms. The monoisotopic (exact) mass is 385 g/mol. The molecule has 0 aliphatic carbocycles. The van der Waals surface area contributed by atoms with E-state index in [1.165, 1.54) is 31.4 Å². The van der Waals surface area contributed by atoms with Crippen molar-refractivity contribution in [3.63, 3.8) is 0 Å². The van der Waals surface area contributed by atoms with Crippen LogP contribution in [0.3, 0.4) is 0 Å². The van der Waals surface area contributed by atoms with Crippen molar-refractivity contribution in [1.29, 1.82) is 0 Å². The first-order valence-corrected chi connectivity index (χ1v) is 8.76. The summed E-state index contributed by atoms with van der Waals surface area (Å²) in [6.45, 7) is 1.85. The molecule has 0 radical (unpaired) electrons. The maximum absolute atomic E-state index is 13.1. The Labute approximate surface area is 159 Å². The minimum atomic E-state index is -0.739. The molecule has 0 saturated carbocycles. The van der Waals surface area contributed by atoms with Crippen molar-refractivity contribution in [3.05, 3.63) is 75.6 Å². The second-order valence-electron chi connectivity index (χ2n) is 5.78. The molecule has 2 aromatic carbocycles. The van der Waals surface area contributed by atoms with Crippen LogP contribution in [0.15, 0.2) is 63.7 Å². The number of halogens is 1. The molecule has 0 saturated heterocycles. The van der Waals surface area contributed by atoms with Gasteiger partial charge in [-0.15, -0.1) is 0 Å². The molecule has 0 atom stereocenters. The molecule has 1 heterocycles. The lowest BCUT2D eigenvalue weighted by Crippen LogP contribution is -2.10. The molecule has 3 rings (SSSR count). The minimum Gasteiger partial charge on any atom is -0.507 e. The second kappa shape index (κ2) is 7.67. The van der Waals surface area contributed by atoms with E-state index in [2.05, 4.69) is 4.99 Å². The first kappa shape index (κ1) is 18.7. The molecule has 138 valence electrons. The zero-order valence-corrected chi connectivity index (χ0v) is 15.4. The number of esters is 1. The number of benzene rings is 2. The summed E-state index contributed by atoms with van der Waals surface area (Å²) in [6, 6.07) is 10.6. The van der Waals surface area contributed by atoms with Crippen LogP contribution in [0.5, 0.6) is 5.75 Å². The molecular formula is C20H16FNO4S. The van der Waals surface area contributed by atoms with Crippen molar-refractivity contribution in [2.75, 3.05) is 7.11 Å². The van der Waals surface area contributed by atoms with Crippen LogP contribution in [0, 0.1) is 12.7 Å². The van der Waals surface area contributed by atoms with Crippen molar-refractivity contribution in [2.24, 2.45) is 4.99 Å². The maximum atomic E-state index is 13.1. The third-order valence-corrected chi connectivity index (χ3v) is 4.83. The summed E-state index contributed by atoms with van der Waals surface area (Å²) in [4.78, 5) is 16.8. The van der Waals surface area contributed by atoms with E-state index in [-0.39, 0.29) is 22.1 Å². The summed E-state index contributed by atoms with van der Waals surface area (Å²) in [5, 5.41) is 20.8. The number of methoxy groups -OCH3 is 1. The number of carbonyl (C=O) groups excluding carboxylic acids is 1. The molecule has 2 N–H and O–H groups in total. The summed E-state index contributed by atoms with van der Waals surface area (Å²) in [5.74, 6) is -1.37. The maximum Gasteiger partial charge on any atom is 0.344 e. The number of hydrogen-bond acceptors (Lipinski definition) is 6. The highest BCUT2D eigenvalue weighted by molar-refractivity contribution is 8.18. The van der Waals surface area contributed by atoms with Gasteiger partial charge in [-0.05, 0) is 48.9 Å². The summed E-state index contributed by atoms with van der Waals surface area (Å²) in [7, 11) is 1.20. The Bertz CT molecular complexity index is 994. The van der Waals surface area contributed by atoms with Crippen LogP contribution in [-0.2, 0) is 9.53 Å². The fraction of sp³-hybridized carbons (Fsp3) is 0.100. The van der Waals surface area contributed by atoms with E-state index >= 15 is 0 Å². The van der Waals surface area contributed by atoms with E-state index in [4.69, 9.17) is 4.74 Å². The van der Waals surface area contributed by atoms with E-state index < -0.39 is 11.8 Å². The van der Waals surface area contributed by atoms with Crippen LogP contribution in [0.25, 0.3) is 6.08 Å². The molecule has 0 amide bonds. The Morgan fingerprint density at radius 1 is 1.19 bits per heavy atom. The van der Waals surface area contributed by atoms with Gasteiger partial charge in [-0.25, -0.2) is 14.2 Å². The Morgan fingerprint density at radius 2 is 1.89 bits per heavy atom. The van der Waals surface area contributed by atoms with Crippen LogP contribution in [0.4, 0.5) is 10.1 Å². The fourth-order valence-electron chi connectivity index (χ4n) is 2.44. The number of carbonyl (C=O) groups is 1. The normalized spacial score (nSPS) is 17.0. The number of nitrogens with zero attached hydrogens (tertiary/aromatic N) is 1. The lowest BCUT2D eigenvalue weighted by Gasteiger charge is -2.02. The van der Waals surface area contributed by atoms with Crippen LogP contribution in [-0.4, -0.2) is 28.3 Å². The lowest BCUT2D eigenvalue weighted by molar-refractivity contribution is -0.135. The van der Waals surface area contributed by atoms with Gasteiger partial charge in [0.1, 0.15) is 27.9 Å². The zero-order valence-electron chi connectivity index (χ0n) is 14.6. The summed E-state index contributed by atoms with van der Waals surface area (Å²) < 4.78 is 17.8. The highest BCUT2D eigenvalue weighted by Crippen LogP contribution is 2.41. The molecular weight excluding hydrogens is 369 g/mol. The van der Waals surface area contributed by atoms with Crippen molar-refractivity contribution < 1.29 is 24.1 Å². The van der Waals surface area contributed by atoms with Crippen LogP contribution in [0.2, 0.25) is 0 Å². The van der Waals surface area contributed by atoms with Crippen molar-refractivity contribution in [1.82, 2.24) is 0 Å². The molecule has 2 aromatic rings. The molecule has 0 spiro atoms. The number of rotatable bonds is 3. The molecule has 0 unspecified atom stereocenters. The topological polar surface area (TPSA) is 79.1 Å². The second-order valence-corrected chi connectivity index (χ2v) is 6.81. The van der Waals surface area contributed by atoms with Gasteiger partial charge in [0.2, 0.25) is 0 Å². The van der Waals surface area contributed by atoms with Gasteiger partial charge in [0, 0.05) is 5.56 Å². The Kier molecular flexibility index (Phi) is 5.32. The van der Waals surface area contributed by atoms with E-state index in [1.807, 2.05) is 13.0 Å². The number of phenols is 1. The van der Waals surface area contributed by atoms with Crippen LogP contribution in [0.1, 0.15) is 11.1 Å². The Hall–Kier alpha value is -3.06. The predicted octanol–water partition coefficient (Wildman–Crippen LogP) is 4.64. The number of aliphatic imine (C=N–C) groups is 1. The number of ether oxygens (including phenoxy) is 1. The zero-order chi connectivity index (χ0) is 19.6. The number of aromatic hydroxyl groups is 1. The average Bonchev–Trinajstić information content (AvgIpc) is 2.94. The number of thioether (sulfide) groups is 1. The standard InChI is InChI=1S/C20H16FNO4S/c1-11-3-4-12(15(23)9-11)10-16-18(24)17(20(25)26-2)19(27-16)22-14-7-5-13(21)6-8-14/h3-10,23-24H,1-2H3/b16-10+,22-19?. The first-order chi connectivity index (χ1) is 12.9. The molecule has 5 nitrogen and oxygen atoms in total. The van der Waals surface area contributed by atoms with Crippen LogP contribution >= 0.6 is 11.8 Å². The predicted molar refractivity (Wildman–Crippen MR) is 104 cm³/mol. The molecule has 0 fully saturated rings.